The number of ketones is 1. The van der Waals surface area contributed by atoms with Gasteiger partial charge in [-0.25, -0.2) is 0 Å². The topological polar surface area (TPSA) is 57.5 Å². The summed E-state index contributed by atoms with van der Waals surface area (Å²) in [6.07, 6.45) is 8.20. The Morgan fingerprint density at radius 2 is 1.96 bits per heavy atom. The number of carbonyl (C=O) groups excluding carboxylic acids is 1. The van der Waals surface area contributed by atoms with Crippen molar-refractivity contribution in [3.63, 3.8) is 0 Å². The Morgan fingerprint density at radius 1 is 1.21 bits per heavy atom. The highest BCUT2D eigenvalue weighted by Gasteiger charge is 2.55. The number of allylic oxidation sites excluding steroid dienone is 1. The van der Waals surface area contributed by atoms with Gasteiger partial charge in [-0.05, 0) is 76.0 Å². The van der Waals surface area contributed by atoms with Crippen LogP contribution in [0.5, 0.6) is 0 Å². The van der Waals surface area contributed by atoms with Gasteiger partial charge in [-0.15, -0.1) is 0 Å². The molecule has 0 amide bonds. The standard InChI is InChI=1S/C21H30O3/c1-12(22)21(3)18-7-6-17-15(16(18)11-19(21)24)5-4-13-10-14(23)8-9-20(13,17)2/h4,14-15,17,19,23-24H,5-11H2,1-3H3/t14-,15-,17-,19-,20-,21-/m0/s1. The van der Waals surface area contributed by atoms with E-state index in [0.29, 0.717) is 18.3 Å². The molecule has 4 aliphatic carbocycles. The second-order valence-electron chi connectivity index (χ2n) is 9.01. The molecule has 0 saturated heterocycles. The van der Waals surface area contributed by atoms with Crippen molar-refractivity contribution in [1.82, 2.24) is 0 Å². The summed E-state index contributed by atoms with van der Waals surface area (Å²) < 4.78 is 0. The monoisotopic (exact) mass is 330 g/mol. The average molecular weight is 330 g/mol. The van der Waals surface area contributed by atoms with Crippen LogP contribution in [0.15, 0.2) is 22.8 Å². The van der Waals surface area contributed by atoms with Crippen LogP contribution in [0.4, 0.5) is 0 Å². The normalized spacial score (nSPS) is 47.6. The fourth-order valence-corrected chi connectivity index (χ4v) is 6.35. The van der Waals surface area contributed by atoms with E-state index in [1.807, 2.05) is 6.92 Å². The van der Waals surface area contributed by atoms with E-state index in [4.69, 9.17) is 0 Å². The minimum absolute atomic E-state index is 0.109. The molecule has 0 aromatic heterocycles. The first-order valence-electron chi connectivity index (χ1n) is 9.57. The maximum absolute atomic E-state index is 12.3. The lowest BCUT2D eigenvalue weighted by molar-refractivity contribution is -0.128. The first-order chi connectivity index (χ1) is 11.3. The van der Waals surface area contributed by atoms with E-state index >= 15 is 0 Å². The molecule has 0 unspecified atom stereocenters. The average Bonchev–Trinajstić information content (AvgIpc) is 2.81. The lowest BCUT2D eigenvalue weighted by Crippen LogP contribution is -2.44. The van der Waals surface area contributed by atoms with Crippen molar-refractivity contribution >= 4 is 5.78 Å². The number of aliphatic hydroxyl groups excluding tert-OH is 2. The zero-order chi connectivity index (χ0) is 17.3. The van der Waals surface area contributed by atoms with Crippen LogP contribution in [0, 0.1) is 22.7 Å². The molecule has 0 aliphatic heterocycles. The Kier molecular flexibility index (Phi) is 3.64. The number of hydrogen-bond acceptors (Lipinski definition) is 3. The van der Waals surface area contributed by atoms with Gasteiger partial charge in [0.2, 0.25) is 0 Å². The molecule has 0 aromatic rings. The lowest BCUT2D eigenvalue weighted by Gasteiger charge is -2.52. The predicted molar refractivity (Wildman–Crippen MR) is 93.3 cm³/mol. The van der Waals surface area contributed by atoms with Crippen LogP contribution >= 0.6 is 0 Å². The highest BCUT2D eigenvalue weighted by atomic mass is 16.3. The van der Waals surface area contributed by atoms with Crippen LogP contribution in [0.25, 0.3) is 0 Å². The van der Waals surface area contributed by atoms with Crippen molar-refractivity contribution in [2.75, 3.05) is 0 Å². The van der Waals surface area contributed by atoms with Crippen molar-refractivity contribution in [2.24, 2.45) is 22.7 Å². The van der Waals surface area contributed by atoms with Crippen LogP contribution in [-0.4, -0.2) is 28.2 Å². The van der Waals surface area contributed by atoms with Crippen LogP contribution < -0.4 is 0 Å². The molecular formula is C21H30O3. The van der Waals surface area contributed by atoms with Gasteiger partial charge in [-0.2, -0.15) is 0 Å². The van der Waals surface area contributed by atoms with Crippen molar-refractivity contribution in [1.29, 1.82) is 0 Å². The lowest BCUT2D eigenvalue weighted by atomic mass is 9.52. The minimum atomic E-state index is -0.659. The first kappa shape index (κ1) is 16.5. The largest absolute Gasteiger partial charge is 0.393 e. The Balaban J connectivity index is 1.74. The molecule has 0 heterocycles. The smallest absolute Gasteiger partial charge is 0.142 e. The molecule has 1 saturated carbocycles. The van der Waals surface area contributed by atoms with Crippen LogP contribution in [-0.2, 0) is 4.79 Å². The third-order valence-corrected chi connectivity index (χ3v) is 8.09. The van der Waals surface area contributed by atoms with Gasteiger partial charge in [-0.3, -0.25) is 4.79 Å². The maximum Gasteiger partial charge on any atom is 0.142 e. The second-order valence-corrected chi connectivity index (χ2v) is 9.01. The quantitative estimate of drug-likeness (QED) is 0.723. The molecule has 4 aliphatic rings. The minimum Gasteiger partial charge on any atom is -0.393 e. The Hall–Kier alpha value is -0.930. The molecule has 1 fully saturated rings. The predicted octanol–water partition coefficient (Wildman–Crippen LogP) is 3.55. The number of rotatable bonds is 1. The SMILES string of the molecule is CC(=O)[C@@]1(C)C2=C(C[C@@H]1O)[C@@H]1CC=C3C[C@@H](O)CC[C@]3(C)[C@H]1CC2. The highest BCUT2D eigenvalue weighted by Crippen LogP contribution is 2.62. The summed E-state index contributed by atoms with van der Waals surface area (Å²) >= 11 is 0. The van der Waals surface area contributed by atoms with Gasteiger partial charge in [-0.1, -0.05) is 29.7 Å². The molecule has 2 N–H and O–H groups in total. The van der Waals surface area contributed by atoms with Gasteiger partial charge < -0.3 is 10.2 Å². The van der Waals surface area contributed by atoms with Gasteiger partial charge >= 0.3 is 0 Å². The third-order valence-electron chi connectivity index (χ3n) is 8.09. The van der Waals surface area contributed by atoms with Crippen LogP contribution in [0.3, 0.4) is 0 Å². The van der Waals surface area contributed by atoms with Crippen molar-refractivity contribution in [3.05, 3.63) is 22.8 Å². The van der Waals surface area contributed by atoms with E-state index in [-0.39, 0.29) is 17.3 Å². The molecule has 0 aromatic carbocycles. The third kappa shape index (κ3) is 2.00. The van der Waals surface area contributed by atoms with E-state index in [1.165, 1.54) is 16.7 Å². The van der Waals surface area contributed by atoms with E-state index < -0.39 is 11.5 Å². The zero-order valence-corrected chi connectivity index (χ0v) is 15.1. The van der Waals surface area contributed by atoms with Crippen molar-refractivity contribution in [3.8, 4) is 0 Å². The van der Waals surface area contributed by atoms with E-state index in [2.05, 4.69) is 13.0 Å². The molecule has 0 bridgehead atoms. The molecule has 0 spiro atoms. The molecule has 3 nitrogen and oxygen atoms in total. The van der Waals surface area contributed by atoms with Gasteiger partial charge in [0.05, 0.1) is 17.6 Å². The summed E-state index contributed by atoms with van der Waals surface area (Å²) in [5.74, 6) is 1.19. The molecule has 132 valence electrons. The number of aliphatic hydroxyl groups is 2. The number of carbonyl (C=O) groups is 1. The molecule has 3 heteroatoms. The Labute approximate surface area is 144 Å². The summed E-state index contributed by atoms with van der Waals surface area (Å²) in [4.78, 5) is 12.3. The molecule has 4 rings (SSSR count). The fraction of sp³-hybridized carbons (Fsp3) is 0.762. The number of Topliss-reactive ketones (excluding diaryl/α,β-unsaturated/α-hetero) is 1. The zero-order valence-electron chi connectivity index (χ0n) is 15.1. The van der Waals surface area contributed by atoms with Gasteiger partial charge in [0, 0.05) is 0 Å². The molecule has 24 heavy (non-hydrogen) atoms. The summed E-state index contributed by atoms with van der Waals surface area (Å²) in [6.45, 7) is 5.97. The van der Waals surface area contributed by atoms with E-state index in [9.17, 15) is 15.0 Å². The maximum atomic E-state index is 12.3. The second kappa shape index (κ2) is 5.28. The Bertz CT molecular complexity index is 645. The van der Waals surface area contributed by atoms with Crippen molar-refractivity contribution in [2.45, 2.75) is 77.9 Å². The van der Waals surface area contributed by atoms with E-state index in [0.717, 1.165) is 38.5 Å². The summed E-state index contributed by atoms with van der Waals surface area (Å²) in [5, 5.41) is 20.7. The number of fused-ring (bicyclic) bond motifs is 4. The summed E-state index contributed by atoms with van der Waals surface area (Å²) in [5.41, 5.74) is 3.63. The van der Waals surface area contributed by atoms with Crippen LogP contribution in [0.1, 0.15) is 65.7 Å². The molecular weight excluding hydrogens is 300 g/mol. The van der Waals surface area contributed by atoms with Gasteiger partial charge in [0.25, 0.3) is 0 Å². The highest BCUT2D eigenvalue weighted by molar-refractivity contribution is 5.87. The summed E-state index contributed by atoms with van der Waals surface area (Å²) in [7, 11) is 0. The fourth-order valence-electron chi connectivity index (χ4n) is 6.35. The summed E-state index contributed by atoms with van der Waals surface area (Å²) in [6, 6.07) is 0. The first-order valence-corrected chi connectivity index (χ1v) is 9.57. The molecule has 6 atom stereocenters. The van der Waals surface area contributed by atoms with Gasteiger partial charge in [0.15, 0.2) is 0 Å². The Morgan fingerprint density at radius 3 is 2.67 bits per heavy atom. The molecule has 0 radical (unpaired) electrons. The van der Waals surface area contributed by atoms with E-state index in [1.54, 1.807) is 6.92 Å². The van der Waals surface area contributed by atoms with Crippen molar-refractivity contribution < 1.29 is 15.0 Å². The van der Waals surface area contributed by atoms with Gasteiger partial charge in [0.1, 0.15) is 5.78 Å². The number of hydrogen-bond donors (Lipinski definition) is 2. The van der Waals surface area contributed by atoms with Crippen LogP contribution in [0.2, 0.25) is 0 Å².